The highest BCUT2D eigenvalue weighted by molar-refractivity contribution is 9.10. The van der Waals surface area contributed by atoms with E-state index < -0.39 is 10.0 Å². The van der Waals surface area contributed by atoms with Gasteiger partial charge >= 0.3 is 0 Å². The minimum absolute atomic E-state index is 0.0826. The molecule has 0 heterocycles. The average Bonchev–Trinajstić information content (AvgIpc) is 2.92. The van der Waals surface area contributed by atoms with Gasteiger partial charge in [0, 0.05) is 10.2 Å². The molecule has 6 heteroatoms. The minimum atomic E-state index is -3.44. The van der Waals surface area contributed by atoms with Crippen molar-refractivity contribution in [3.8, 4) is 0 Å². The van der Waals surface area contributed by atoms with Gasteiger partial charge in [0.05, 0.1) is 10.9 Å². The standard InChI is InChI=1S/C16H15BrN2O2S/c1-18-22(20,21)12-7-9-16(14(17)10-12)19-15-8-6-11-4-2-3-5-13(11)15/h2-10,15,18-19H,1H3. The Morgan fingerprint density at radius 3 is 2.64 bits per heavy atom. The molecule has 0 amide bonds. The van der Waals surface area contributed by atoms with Crippen LogP contribution in [0.1, 0.15) is 17.2 Å². The number of hydrogen-bond acceptors (Lipinski definition) is 3. The summed E-state index contributed by atoms with van der Waals surface area (Å²) in [5.41, 5.74) is 3.26. The van der Waals surface area contributed by atoms with Crippen LogP contribution in [0.4, 0.5) is 5.69 Å². The predicted molar refractivity (Wildman–Crippen MR) is 92.2 cm³/mol. The lowest BCUT2D eigenvalue weighted by Crippen LogP contribution is -2.18. The molecule has 4 nitrogen and oxygen atoms in total. The molecule has 0 radical (unpaired) electrons. The average molecular weight is 379 g/mol. The zero-order valence-electron chi connectivity index (χ0n) is 11.9. The van der Waals surface area contributed by atoms with Gasteiger partial charge < -0.3 is 5.32 Å². The molecule has 0 fully saturated rings. The highest BCUT2D eigenvalue weighted by atomic mass is 79.9. The Labute approximate surface area is 138 Å². The lowest BCUT2D eigenvalue weighted by atomic mass is 10.1. The maximum atomic E-state index is 11.8. The molecule has 3 rings (SSSR count). The van der Waals surface area contributed by atoms with Crippen molar-refractivity contribution in [3.05, 3.63) is 64.1 Å². The maximum Gasteiger partial charge on any atom is 0.240 e. The van der Waals surface area contributed by atoms with E-state index in [0.29, 0.717) is 4.47 Å². The molecule has 0 saturated carbocycles. The number of anilines is 1. The van der Waals surface area contributed by atoms with E-state index in [4.69, 9.17) is 0 Å². The molecule has 0 bridgehead atoms. The first-order chi connectivity index (χ1) is 10.5. The number of benzene rings is 2. The van der Waals surface area contributed by atoms with Crippen LogP contribution in [-0.2, 0) is 10.0 Å². The molecule has 0 saturated heterocycles. The van der Waals surface area contributed by atoms with Crippen molar-refractivity contribution < 1.29 is 8.42 Å². The topological polar surface area (TPSA) is 58.2 Å². The third-order valence-electron chi connectivity index (χ3n) is 3.63. The highest BCUT2D eigenvalue weighted by Crippen LogP contribution is 2.34. The van der Waals surface area contributed by atoms with E-state index in [1.54, 1.807) is 18.2 Å². The Morgan fingerprint density at radius 1 is 1.14 bits per heavy atom. The first-order valence-corrected chi connectivity index (χ1v) is 9.05. The van der Waals surface area contributed by atoms with Gasteiger partial charge in [-0.25, -0.2) is 13.1 Å². The molecule has 1 atom stereocenters. The van der Waals surface area contributed by atoms with E-state index >= 15 is 0 Å². The van der Waals surface area contributed by atoms with E-state index in [2.05, 4.69) is 50.3 Å². The van der Waals surface area contributed by atoms with Crippen molar-refractivity contribution in [2.75, 3.05) is 12.4 Å². The van der Waals surface area contributed by atoms with Crippen LogP contribution in [0, 0.1) is 0 Å². The van der Waals surface area contributed by atoms with Crippen molar-refractivity contribution in [3.63, 3.8) is 0 Å². The monoisotopic (exact) mass is 378 g/mol. The Balaban J connectivity index is 1.88. The van der Waals surface area contributed by atoms with Crippen LogP contribution >= 0.6 is 15.9 Å². The Kier molecular flexibility index (Phi) is 4.08. The molecule has 0 spiro atoms. The van der Waals surface area contributed by atoms with Crippen molar-refractivity contribution >= 4 is 37.7 Å². The predicted octanol–water partition coefficient (Wildman–Crippen LogP) is 3.54. The fourth-order valence-electron chi connectivity index (χ4n) is 2.44. The van der Waals surface area contributed by atoms with Crippen molar-refractivity contribution in [2.45, 2.75) is 10.9 Å². The van der Waals surface area contributed by atoms with Crippen LogP contribution in [0.3, 0.4) is 0 Å². The molecule has 2 aromatic carbocycles. The molecular weight excluding hydrogens is 364 g/mol. The van der Waals surface area contributed by atoms with Crippen LogP contribution in [0.5, 0.6) is 0 Å². The van der Waals surface area contributed by atoms with Gasteiger partial charge in [-0.1, -0.05) is 36.4 Å². The van der Waals surface area contributed by atoms with Gasteiger partial charge in [-0.05, 0) is 52.3 Å². The fourth-order valence-corrected chi connectivity index (χ4v) is 3.84. The summed E-state index contributed by atoms with van der Waals surface area (Å²) in [7, 11) is -2.04. The lowest BCUT2D eigenvalue weighted by molar-refractivity contribution is 0.588. The number of fused-ring (bicyclic) bond motifs is 1. The van der Waals surface area contributed by atoms with Gasteiger partial charge in [-0.2, -0.15) is 0 Å². The molecule has 2 N–H and O–H groups in total. The van der Waals surface area contributed by atoms with Gasteiger partial charge in [0.1, 0.15) is 0 Å². The van der Waals surface area contributed by atoms with Crippen LogP contribution in [-0.4, -0.2) is 15.5 Å². The maximum absolute atomic E-state index is 11.8. The van der Waals surface area contributed by atoms with E-state index in [-0.39, 0.29) is 10.9 Å². The molecule has 1 aliphatic rings. The first-order valence-electron chi connectivity index (χ1n) is 6.78. The van der Waals surface area contributed by atoms with E-state index in [1.165, 1.54) is 18.2 Å². The number of nitrogens with one attached hydrogen (secondary N) is 2. The summed E-state index contributed by atoms with van der Waals surface area (Å²) < 4.78 is 26.6. The summed E-state index contributed by atoms with van der Waals surface area (Å²) in [6.45, 7) is 0. The summed E-state index contributed by atoms with van der Waals surface area (Å²) in [5, 5.41) is 3.41. The van der Waals surface area contributed by atoms with Crippen LogP contribution in [0.25, 0.3) is 6.08 Å². The molecule has 1 aliphatic carbocycles. The van der Waals surface area contributed by atoms with Crippen molar-refractivity contribution in [1.29, 1.82) is 0 Å². The smallest absolute Gasteiger partial charge is 0.240 e. The Hall–Kier alpha value is -1.63. The summed E-state index contributed by atoms with van der Waals surface area (Å²) in [6, 6.07) is 13.2. The third kappa shape index (κ3) is 2.82. The summed E-state index contributed by atoms with van der Waals surface area (Å²) in [6.07, 6.45) is 4.18. The number of sulfonamides is 1. The van der Waals surface area contributed by atoms with Gasteiger partial charge in [-0.3, -0.25) is 0 Å². The van der Waals surface area contributed by atoms with Gasteiger partial charge in [-0.15, -0.1) is 0 Å². The van der Waals surface area contributed by atoms with Crippen LogP contribution in [0.15, 0.2) is 57.9 Å². The van der Waals surface area contributed by atoms with E-state index in [1.807, 2.05) is 12.1 Å². The summed E-state index contributed by atoms with van der Waals surface area (Å²) in [4.78, 5) is 0.231. The second-order valence-corrected chi connectivity index (χ2v) is 7.70. The van der Waals surface area contributed by atoms with Crippen LogP contribution < -0.4 is 10.0 Å². The molecule has 0 aromatic heterocycles. The minimum Gasteiger partial charge on any atom is -0.374 e. The Bertz CT molecular complexity index is 847. The summed E-state index contributed by atoms with van der Waals surface area (Å²) in [5.74, 6) is 0. The van der Waals surface area contributed by atoms with Gasteiger partial charge in [0.15, 0.2) is 0 Å². The molecule has 22 heavy (non-hydrogen) atoms. The quantitative estimate of drug-likeness (QED) is 0.855. The fraction of sp³-hybridized carbons (Fsp3) is 0.125. The molecular formula is C16H15BrN2O2S. The van der Waals surface area contributed by atoms with Crippen LogP contribution in [0.2, 0.25) is 0 Å². The third-order valence-corrected chi connectivity index (χ3v) is 5.70. The number of hydrogen-bond donors (Lipinski definition) is 2. The summed E-state index contributed by atoms with van der Waals surface area (Å²) >= 11 is 3.44. The molecule has 114 valence electrons. The first kappa shape index (κ1) is 15.3. The van der Waals surface area contributed by atoms with Gasteiger partial charge in [0.25, 0.3) is 0 Å². The molecule has 1 unspecified atom stereocenters. The van der Waals surface area contributed by atoms with Crippen molar-refractivity contribution in [2.24, 2.45) is 0 Å². The second-order valence-electron chi connectivity index (χ2n) is 4.96. The second kappa shape index (κ2) is 5.87. The Morgan fingerprint density at radius 2 is 1.91 bits per heavy atom. The molecule has 0 aliphatic heterocycles. The SMILES string of the molecule is CNS(=O)(=O)c1ccc(NC2C=Cc3ccccc32)c(Br)c1. The van der Waals surface area contributed by atoms with E-state index in [0.717, 1.165) is 5.69 Å². The number of halogens is 1. The van der Waals surface area contributed by atoms with Crippen molar-refractivity contribution in [1.82, 2.24) is 4.72 Å². The normalized spacial score (nSPS) is 16.5. The zero-order chi connectivity index (χ0) is 15.7. The zero-order valence-corrected chi connectivity index (χ0v) is 14.3. The number of rotatable bonds is 4. The largest absolute Gasteiger partial charge is 0.374 e. The molecule has 2 aromatic rings. The van der Waals surface area contributed by atoms with Gasteiger partial charge in [0.2, 0.25) is 10.0 Å². The highest BCUT2D eigenvalue weighted by Gasteiger charge is 2.18. The lowest BCUT2D eigenvalue weighted by Gasteiger charge is -2.16. The van der Waals surface area contributed by atoms with E-state index in [9.17, 15) is 8.42 Å².